The van der Waals surface area contributed by atoms with Gasteiger partial charge in [0.15, 0.2) is 0 Å². The van der Waals surface area contributed by atoms with Crippen molar-refractivity contribution >= 4 is 23.8 Å². The smallest absolute Gasteiger partial charge is 0.407 e. The van der Waals surface area contributed by atoms with Crippen molar-refractivity contribution in [2.45, 2.75) is 66.5 Å². The standard InChI is InChI=1S/C21H29NO8S/c1-3-4-10-28-12-14(23)17(24)18-16-15(29-20(26)22-16)11-21(30-18,19(25)27-2)31-13-8-6-5-7-9-13/h5-9,14-18,23-24H,3-4,10-12H2,1-2H3,(H,22,26)/t14-,15?,16-,17-,18?,21+/m1/s1. The zero-order chi connectivity index (χ0) is 22.4. The number of thioether (sulfide) groups is 1. The molecular weight excluding hydrogens is 426 g/mol. The number of rotatable bonds is 10. The Morgan fingerprint density at radius 1 is 1.35 bits per heavy atom. The van der Waals surface area contributed by atoms with Crippen LogP contribution in [-0.4, -0.2) is 78.0 Å². The molecule has 2 aliphatic rings. The number of fused-ring (bicyclic) bond motifs is 1. The number of carbonyl (C=O) groups excluding carboxylic acids is 2. The number of esters is 1. The molecule has 0 bridgehead atoms. The second kappa shape index (κ2) is 10.6. The van der Waals surface area contributed by atoms with Gasteiger partial charge in [-0.2, -0.15) is 0 Å². The third kappa shape index (κ3) is 5.50. The fraction of sp³-hybridized carbons (Fsp3) is 0.619. The summed E-state index contributed by atoms with van der Waals surface area (Å²) >= 11 is 1.11. The Labute approximate surface area is 185 Å². The molecule has 2 unspecified atom stereocenters. The molecule has 6 atom stereocenters. The first-order chi connectivity index (χ1) is 14.9. The molecule has 2 aliphatic heterocycles. The second-order valence-corrected chi connectivity index (χ2v) is 8.88. The van der Waals surface area contributed by atoms with Crippen LogP contribution in [0.25, 0.3) is 0 Å². The van der Waals surface area contributed by atoms with Gasteiger partial charge in [-0.05, 0) is 18.6 Å². The molecule has 0 radical (unpaired) electrons. The minimum Gasteiger partial charge on any atom is -0.466 e. The molecule has 2 heterocycles. The molecule has 10 heteroatoms. The summed E-state index contributed by atoms with van der Waals surface area (Å²) in [4.78, 5) is 23.9. The van der Waals surface area contributed by atoms with Crippen molar-refractivity contribution in [2.75, 3.05) is 20.3 Å². The first-order valence-corrected chi connectivity index (χ1v) is 11.1. The van der Waals surface area contributed by atoms with Crippen LogP contribution in [0.15, 0.2) is 35.2 Å². The number of hydrogen-bond donors (Lipinski definition) is 3. The molecule has 3 N–H and O–H groups in total. The monoisotopic (exact) mass is 455 g/mol. The molecule has 0 spiro atoms. The van der Waals surface area contributed by atoms with Crippen LogP contribution in [0.1, 0.15) is 26.2 Å². The van der Waals surface area contributed by atoms with E-state index in [2.05, 4.69) is 5.32 Å². The minimum absolute atomic E-state index is 0.0228. The first-order valence-electron chi connectivity index (χ1n) is 10.3. The molecule has 1 aromatic carbocycles. The van der Waals surface area contributed by atoms with Crippen LogP contribution in [0.3, 0.4) is 0 Å². The zero-order valence-corrected chi connectivity index (χ0v) is 18.4. The van der Waals surface area contributed by atoms with Crippen LogP contribution < -0.4 is 5.32 Å². The van der Waals surface area contributed by atoms with E-state index < -0.39 is 47.5 Å². The van der Waals surface area contributed by atoms with Crippen molar-refractivity contribution in [3.8, 4) is 0 Å². The highest BCUT2D eigenvalue weighted by atomic mass is 32.2. The van der Waals surface area contributed by atoms with Gasteiger partial charge in [0, 0.05) is 17.9 Å². The van der Waals surface area contributed by atoms with Crippen molar-refractivity contribution in [3.63, 3.8) is 0 Å². The van der Waals surface area contributed by atoms with Crippen LogP contribution in [0.5, 0.6) is 0 Å². The summed E-state index contributed by atoms with van der Waals surface area (Å²) in [6.07, 6.45) is -3.46. The SMILES string of the molecule is CCCCOC[C@@H](O)[C@@H](O)C1O[C@@](Sc2ccccc2)(C(=O)OC)CC2OC(=O)N[C@H]21. The summed E-state index contributed by atoms with van der Waals surface area (Å²) in [6.45, 7) is 2.36. The van der Waals surface area contributed by atoms with Gasteiger partial charge in [0.1, 0.15) is 24.4 Å². The van der Waals surface area contributed by atoms with Gasteiger partial charge in [0.25, 0.3) is 0 Å². The molecule has 3 rings (SSSR count). The highest BCUT2D eigenvalue weighted by molar-refractivity contribution is 8.01. The van der Waals surface area contributed by atoms with Crippen LogP contribution >= 0.6 is 11.8 Å². The van der Waals surface area contributed by atoms with Crippen molar-refractivity contribution in [1.29, 1.82) is 0 Å². The average molecular weight is 456 g/mol. The number of methoxy groups -OCH3 is 1. The lowest BCUT2D eigenvalue weighted by Crippen LogP contribution is -2.63. The van der Waals surface area contributed by atoms with E-state index in [1.807, 2.05) is 37.3 Å². The van der Waals surface area contributed by atoms with E-state index in [-0.39, 0.29) is 13.0 Å². The van der Waals surface area contributed by atoms with E-state index in [1.165, 1.54) is 7.11 Å². The Morgan fingerprint density at radius 2 is 2.10 bits per heavy atom. The molecular formula is C21H29NO8S. The number of carbonyl (C=O) groups is 2. The topological polar surface area (TPSA) is 124 Å². The maximum atomic E-state index is 12.8. The van der Waals surface area contributed by atoms with Gasteiger partial charge in [-0.3, -0.25) is 0 Å². The van der Waals surface area contributed by atoms with Gasteiger partial charge >= 0.3 is 12.1 Å². The number of amides is 1. The van der Waals surface area contributed by atoms with Crippen LogP contribution in [0.2, 0.25) is 0 Å². The Bertz CT molecular complexity index is 750. The van der Waals surface area contributed by atoms with Gasteiger partial charge < -0.3 is 34.5 Å². The normalized spacial score (nSPS) is 29.4. The molecule has 31 heavy (non-hydrogen) atoms. The predicted octanol–water partition coefficient (Wildman–Crippen LogP) is 1.45. The predicted molar refractivity (Wildman–Crippen MR) is 111 cm³/mol. The van der Waals surface area contributed by atoms with Crippen LogP contribution in [0.4, 0.5) is 4.79 Å². The molecule has 2 saturated heterocycles. The largest absolute Gasteiger partial charge is 0.466 e. The molecule has 172 valence electrons. The summed E-state index contributed by atoms with van der Waals surface area (Å²) < 4.78 is 21.9. The molecule has 2 fully saturated rings. The Hall–Kier alpha value is -1.85. The van der Waals surface area contributed by atoms with Crippen molar-refractivity contribution in [1.82, 2.24) is 5.32 Å². The minimum atomic E-state index is -1.57. The van der Waals surface area contributed by atoms with Gasteiger partial charge in [0.2, 0.25) is 4.93 Å². The summed E-state index contributed by atoms with van der Waals surface area (Å²) in [6, 6.07) is 8.37. The lowest BCUT2D eigenvalue weighted by atomic mass is 9.90. The van der Waals surface area contributed by atoms with Gasteiger partial charge in [-0.25, -0.2) is 9.59 Å². The number of nitrogens with one attached hydrogen (secondary N) is 1. The highest BCUT2D eigenvalue weighted by Crippen LogP contribution is 2.46. The number of unbranched alkanes of at least 4 members (excludes halogenated alkanes) is 1. The number of aliphatic hydroxyl groups is 2. The molecule has 0 saturated carbocycles. The fourth-order valence-electron chi connectivity index (χ4n) is 3.67. The van der Waals surface area contributed by atoms with Crippen molar-refractivity contribution in [2.24, 2.45) is 0 Å². The van der Waals surface area contributed by atoms with E-state index in [0.29, 0.717) is 6.61 Å². The average Bonchev–Trinajstić information content (AvgIpc) is 3.15. The van der Waals surface area contributed by atoms with E-state index >= 15 is 0 Å². The maximum Gasteiger partial charge on any atom is 0.407 e. The lowest BCUT2D eigenvalue weighted by molar-refractivity contribution is -0.200. The molecule has 0 aliphatic carbocycles. The third-order valence-electron chi connectivity index (χ3n) is 5.28. The number of ether oxygens (including phenoxy) is 4. The van der Waals surface area contributed by atoms with E-state index in [0.717, 1.165) is 29.5 Å². The van der Waals surface area contributed by atoms with E-state index in [1.54, 1.807) is 0 Å². The van der Waals surface area contributed by atoms with Crippen LogP contribution in [0, 0.1) is 0 Å². The Balaban J connectivity index is 1.84. The summed E-state index contributed by atoms with van der Waals surface area (Å²) in [5.41, 5.74) is 0. The lowest BCUT2D eigenvalue weighted by Gasteiger charge is -2.44. The highest BCUT2D eigenvalue weighted by Gasteiger charge is 2.59. The van der Waals surface area contributed by atoms with Gasteiger partial charge in [-0.1, -0.05) is 43.3 Å². The van der Waals surface area contributed by atoms with Crippen LogP contribution in [-0.2, 0) is 23.7 Å². The third-order valence-corrected chi connectivity index (χ3v) is 6.54. The zero-order valence-electron chi connectivity index (χ0n) is 17.6. The number of hydrogen-bond acceptors (Lipinski definition) is 9. The summed E-state index contributed by atoms with van der Waals surface area (Å²) in [5, 5.41) is 24.0. The maximum absolute atomic E-state index is 12.8. The molecule has 1 amide bonds. The molecule has 1 aromatic rings. The number of aliphatic hydroxyl groups excluding tert-OH is 2. The Morgan fingerprint density at radius 3 is 2.77 bits per heavy atom. The number of alkyl carbamates (subject to hydrolysis) is 1. The molecule has 9 nitrogen and oxygen atoms in total. The molecule has 0 aromatic heterocycles. The second-order valence-electron chi connectivity index (χ2n) is 7.55. The van der Waals surface area contributed by atoms with E-state index in [9.17, 15) is 19.8 Å². The fourth-order valence-corrected chi connectivity index (χ4v) is 4.91. The van der Waals surface area contributed by atoms with Crippen molar-refractivity contribution in [3.05, 3.63) is 30.3 Å². The quantitative estimate of drug-likeness (QED) is 0.355. The first kappa shape index (κ1) is 23.8. The Kier molecular flexibility index (Phi) is 8.17. The number of benzene rings is 1. The van der Waals surface area contributed by atoms with Gasteiger partial charge in [0.05, 0.1) is 19.8 Å². The van der Waals surface area contributed by atoms with E-state index in [4.69, 9.17) is 18.9 Å². The summed E-state index contributed by atoms with van der Waals surface area (Å²) in [5.74, 6) is -0.673. The van der Waals surface area contributed by atoms with Crippen molar-refractivity contribution < 1.29 is 38.7 Å². The van der Waals surface area contributed by atoms with Gasteiger partial charge in [-0.15, -0.1) is 0 Å². The summed E-state index contributed by atoms with van der Waals surface area (Å²) in [7, 11) is 1.24.